The third-order valence-corrected chi connectivity index (χ3v) is 4.42. The van der Waals surface area contributed by atoms with Crippen LogP contribution >= 0.6 is 0 Å². The summed E-state index contributed by atoms with van der Waals surface area (Å²) in [5.41, 5.74) is 4.09. The first-order valence-electron chi connectivity index (χ1n) is 7.75. The van der Waals surface area contributed by atoms with Crippen LogP contribution in [0.25, 0.3) is 21.9 Å². The molecule has 21 heavy (non-hydrogen) atoms. The van der Waals surface area contributed by atoms with Crippen molar-refractivity contribution in [2.75, 3.05) is 18.0 Å². The molecule has 1 heterocycles. The summed E-state index contributed by atoms with van der Waals surface area (Å²) in [5.74, 6) is 0. The van der Waals surface area contributed by atoms with E-state index in [1.165, 1.54) is 53.5 Å². The molecule has 0 atom stereocenters. The zero-order chi connectivity index (χ0) is 14.1. The normalized spacial score (nSPS) is 14.8. The fourth-order valence-electron chi connectivity index (χ4n) is 3.39. The maximum atomic E-state index is 2.54. The largest absolute Gasteiger partial charge is 0.371 e. The molecule has 0 bridgehead atoms. The number of fused-ring (bicyclic) bond motifs is 1. The van der Waals surface area contributed by atoms with Gasteiger partial charge in [0.15, 0.2) is 0 Å². The van der Waals surface area contributed by atoms with E-state index in [1.807, 2.05) is 0 Å². The fourth-order valence-corrected chi connectivity index (χ4v) is 3.39. The van der Waals surface area contributed by atoms with Crippen molar-refractivity contribution in [2.24, 2.45) is 0 Å². The highest BCUT2D eigenvalue weighted by atomic mass is 15.1. The van der Waals surface area contributed by atoms with Gasteiger partial charge in [-0.15, -0.1) is 0 Å². The van der Waals surface area contributed by atoms with Gasteiger partial charge >= 0.3 is 0 Å². The van der Waals surface area contributed by atoms with E-state index in [1.54, 1.807) is 0 Å². The Labute approximate surface area is 125 Å². The second-order valence-electron chi connectivity index (χ2n) is 5.74. The second kappa shape index (κ2) is 5.25. The zero-order valence-electron chi connectivity index (χ0n) is 12.1. The molecule has 1 aliphatic rings. The Kier molecular flexibility index (Phi) is 3.11. The molecule has 0 aromatic heterocycles. The van der Waals surface area contributed by atoms with Crippen LogP contribution in [0.5, 0.6) is 0 Å². The number of anilines is 1. The minimum Gasteiger partial charge on any atom is -0.371 e. The van der Waals surface area contributed by atoms with E-state index in [4.69, 9.17) is 0 Å². The second-order valence-corrected chi connectivity index (χ2v) is 5.74. The first kappa shape index (κ1) is 12.5. The maximum Gasteiger partial charge on any atom is 0.0452 e. The van der Waals surface area contributed by atoms with Crippen LogP contribution in [0.3, 0.4) is 0 Å². The third kappa shape index (κ3) is 2.19. The van der Waals surface area contributed by atoms with E-state index >= 15 is 0 Å². The number of hydrogen-bond donors (Lipinski definition) is 0. The van der Waals surface area contributed by atoms with Crippen LogP contribution in [0.2, 0.25) is 0 Å². The lowest BCUT2D eigenvalue weighted by molar-refractivity contribution is 0.949. The summed E-state index contributed by atoms with van der Waals surface area (Å²) in [6, 6.07) is 24.1. The molecule has 0 radical (unpaired) electrons. The summed E-state index contributed by atoms with van der Waals surface area (Å²) >= 11 is 0. The quantitative estimate of drug-likeness (QED) is 0.627. The Morgan fingerprint density at radius 1 is 0.667 bits per heavy atom. The Balaban J connectivity index is 2.00. The summed E-state index contributed by atoms with van der Waals surface area (Å²) in [5, 5.41) is 2.67. The van der Waals surface area contributed by atoms with Crippen LogP contribution in [-0.4, -0.2) is 13.1 Å². The van der Waals surface area contributed by atoms with Gasteiger partial charge < -0.3 is 4.90 Å². The molecule has 1 aliphatic heterocycles. The molecule has 3 aromatic rings. The number of nitrogens with zero attached hydrogens (tertiary/aromatic N) is 1. The molecule has 1 nitrogen and oxygen atoms in total. The standard InChI is InChI=1S/C20H19N/c1-2-9-17(10-3-1)20-18-11-5-4-8-16(18)12-13-19(20)21-14-6-7-15-21/h1-5,8-13H,6-7,14-15H2. The SMILES string of the molecule is c1ccc(-c2c(N3CCCC3)ccc3ccccc23)cc1. The van der Waals surface area contributed by atoms with Crippen molar-refractivity contribution < 1.29 is 0 Å². The van der Waals surface area contributed by atoms with Gasteiger partial charge in [-0.3, -0.25) is 0 Å². The van der Waals surface area contributed by atoms with E-state index in [-0.39, 0.29) is 0 Å². The predicted octanol–water partition coefficient (Wildman–Crippen LogP) is 5.11. The monoisotopic (exact) mass is 273 g/mol. The summed E-state index contributed by atoms with van der Waals surface area (Å²) in [4.78, 5) is 2.54. The predicted molar refractivity (Wildman–Crippen MR) is 90.8 cm³/mol. The van der Waals surface area contributed by atoms with Crippen LogP contribution < -0.4 is 4.90 Å². The van der Waals surface area contributed by atoms with Gasteiger partial charge in [-0.05, 0) is 35.2 Å². The molecule has 1 heteroatoms. The van der Waals surface area contributed by atoms with Gasteiger partial charge in [-0.2, -0.15) is 0 Å². The van der Waals surface area contributed by atoms with Crippen molar-refractivity contribution in [3.63, 3.8) is 0 Å². The molecule has 0 N–H and O–H groups in total. The van der Waals surface area contributed by atoms with Crippen molar-refractivity contribution in [1.82, 2.24) is 0 Å². The van der Waals surface area contributed by atoms with E-state index in [0.29, 0.717) is 0 Å². The molecule has 1 saturated heterocycles. The summed E-state index contributed by atoms with van der Waals surface area (Å²) in [7, 11) is 0. The smallest absolute Gasteiger partial charge is 0.0452 e. The highest BCUT2D eigenvalue weighted by Gasteiger charge is 2.18. The van der Waals surface area contributed by atoms with Gasteiger partial charge in [0.2, 0.25) is 0 Å². The van der Waals surface area contributed by atoms with Crippen molar-refractivity contribution in [3.05, 3.63) is 66.7 Å². The van der Waals surface area contributed by atoms with Crippen molar-refractivity contribution in [2.45, 2.75) is 12.8 Å². The molecule has 4 rings (SSSR count). The molecule has 0 unspecified atom stereocenters. The average Bonchev–Trinajstić information content (AvgIpc) is 3.09. The lowest BCUT2D eigenvalue weighted by Gasteiger charge is -2.23. The fraction of sp³-hybridized carbons (Fsp3) is 0.200. The zero-order valence-corrected chi connectivity index (χ0v) is 12.1. The molecule has 104 valence electrons. The highest BCUT2D eigenvalue weighted by Crippen LogP contribution is 2.38. The lowest BCUT2D eigenvalue weighted by Crippen LogP contribution is -2.18. The molecule has 0 aliphatic carbocycles. The summed E-state index contributed by atoms with van der Waals surface area (Å²) in [6.45, 7) is 2.36. The van der Waals surface area contributed by atoms with Crippen LogP contribution in [0, 0.1) is 0 Å². The van der Waals surface area contributed by atoms with E-state index < -0.39 is 0 Å². The van der Waals surface area contributed by atoms with Crippen LogP contribution in [0.15, 0.2) is 66.7 Å². The van der Waals surface area contributed by atoms with Crippen LogP contribution in [-0.2, 0) is 0 Å². The summed E-state index contributed by atoms with van der Waals surface area (Å²) < 4.78 is 0. The topological polar surface area (TPSA) is 3.24 Å². The molecular formula is C20H19N. The van der Waals surface area contributed by atoms with Crippen molar-refractivity contribution in [3.8, 4) is 11.1 Å². The molecule has 1 fully saturated rings. The molecule has 0 spiro atoms. The van der Waals surface area contributed by atoms with Gasteiger partial charge in [0.1, 0.15) is 0 Å². The lowest BCUT2D eigenvalue weighted by atomic mass is 9.96. The van der Waals surface area contributed by atoms with Gasteiger partial charge in [-0.1, -0.05) is 60.7 Å². The number of rotatable bonds is 2. The Morgan fingerprint density at radius 2 is 1.38 bits per heavy atom. The first-order valence-corrected chi connectivity index (χ1v) is 7.75. The number of benzene rings is 3. The van der Waals surface area contributed by atoms with Gasteiger partial charge in [-0.25, -0.2) is 0 Å². The van der Waals surface area contributed by atoms with Gasteiger partial charge in [0.05, 0.1) is 0 Å². The molecule has 0 saturated carbocycles. The van der Waals surface area contributed by atoms with Crippen LogP contribution in [0.4, 0.5) is 5.69 Å². The highest BCUT2D eigenvalue weighted by molar-refractivity contribution is 6.03. The molecule has 0 amide bonds. The number of hydrogen-bond acceptors (Lipinski definition) is 1. The Hall–Kier alpha value is -2.28. The Morgan fingerprint density at radius 3 is 2.19 bits per heavy atom. The van der Waals surface area contributed by atoms with E-state index in [9.17, 15) is 0 Å². The van der Waals surface area contributed by atoms with Crippen LogP contribution in [0.1, 0.15) is 12.8 Å². The minimum absolute atomic E-state index is 1.18. The summed E-state index contributed by atoms with van der Waals surface area (Å²) in [6.07, 6.45) is 2.61. The maximum absolute atomic E-state index is 2.54. The molecular weight excluding hydrogens is 254 g/mol. The van der Waals surface area contributed by atoms with Crippen molar-refractivity contribution >= 4 is 16.5 Å². The van der Waals surface area contributed by atoms with E-state index in [2.05, 4.69) is 71.6 Å². The van der Waals surface area contributed by atoms with Gasteiger partial charge in [0.25, 0.3) is 0 Å². The minimum atomic E-state index is 1.18. The third-order valence-electron chi connectivity index (χ3n) is 4.42. The first-order chi connectivity index (χ1) is 10.4. The van der Waals surface area contributed by atoms with Gasteiger partial charge in [0, 0.05) is 24.3 Å². The average molecular weight is 273 g/mol. The van der Waals surface area contributed by atoms with Crippen molar-refractivity contribution in [1.29, 1.82) is 0 Å². The van der Waals surface area contributed by atoms with E-state index in [0.717, 1.165) is 0 Å². The Bertz CT molecular complexity index is 755. The molecule has 3 aromatic carbocycles.